The van der Waals surface area contributed by atoms with E-state index in [1.165, 1.54) is 6.08 Å². The molecular weight excluding hydrogens is 406 g/mol. The molecule has 3 rings (SSSR count). The molecule has 6 nitrogen and oxygen atoms in total. The third-order valence-corrected chi connectivity index (χ3v) is 6.23. The molecule has 0 bridgehead atoms. The van der Waals surface area contributed by atoms with Crippen LogP contribution in [-0.2, 0) is 14.3 Å². The van der Waals surface area contributed by atoms with Crippen LogP contribution in [0.15, 0.2) is 66.7 Å². The number of ether oxygens (including phenoxy) is 2. The summed E-state index contributed by atoms with van der Waals surface area (Å²) in [6, 6.07) is 18.4. The van der Waals surface area contributed by atoms with Crippen LogP contribution in [0.4, 0.5) is 0 Å². The monoisotopic (exact) mass is 433 g/mol. The van der Waals surface area contributed by atoms with Crippen molar-refractivity contribution in [3.63, 3.8) is 0 Å². The summed E-state index contributed by atoms with van der Waals surface area (Å²) >= 11 is 0. The van der Waals surface area contributed by atoms with Crippen LogP contribution in [0.5, 0.6) is 11.5 Å². The van der Waals surface area contributed by atoms with Gasteiger partial charge in [0.15, 0.2) is 0 Å². The van der Waals surface area contributed by atoms with E-state index in [9.17, 15) is 20.0 Å². The topological polar surface area (TPSA) is 96.6 Å². The van der Waals surface area contributed by atoms with Crippen LogP contribution in [0.1, 0.15) is 38.7 Å². The quantitative estimate of drug-likeness (QED) is 0.424. The van der Waals surface area contributed by atoms with Gasteiger partial charge >= 0.3 is 11.9 Å². The van der Waals surface area contributed by atoms with Gasteiger partial charge in [-0.25, -0.2) is 4.79 Å². The van der Waals surface area contributed by atoms with Gasteiger partial charge in [0.2, 0.25) is 0 Å². The summed E-state index contributed by atoms with van der Waals surface area (Å²) < 4.78 is 10.9. The van der Waals surface area contributed by atoms with E-state index in [0.29, 0.717) is 30.1 Å². The van der Waals surface area contributed by atoms with Gasteiger partial charge in [-0.2, -0.15) is 5.26 Å². The number of hydrogen-bond acceptors (Lipinski definition) is 5. The van der Waals surface area contributed by atoms with E-state index in [1.54, 1.807) is 30.3 Å². The molecule has 0 aliphatic heterocycles. The normalized spacial score (nSPS) is 22.0. The lowest BCUT2D eigenvalue weighted by Gasteiger charge is -2.22. The molecule has 2 aromatic rings. The second-order valence-corrected chi connectivity index (χ2v) is 8.45. The van der Waals surface area contributed by atoms with Crippen molar-refractivity contribution in [2.24, 2.45) is 16.7 Å². The minimum Gasteiger partial charge on any atom is -0.481 e. The van der Waals surface area contributed by atoms with Crippen molar-refractivity contribution in [3.8, 4) is 17.6 Å². The van der Waals surface area contributed by atoms with Crippen LogP contribution < -0.4 is 4.74 Å². The van der Waals surface area contributed by atoms with Crippen molar-refractivity contribution < 1.29 is 24.2 Å². The second kappa shape index (κ2) is 9.27. The highest BCUT2D eigenvalue weighted by Crippen LogP contribution is 2.75. The summed E-state index contributed by atoms with van der Waals surface area (Å²) in [6.45, 7) is 5.81. The molecule has 1 N–H and O–H groups in total. The van der Waals surface area contributed by atoms with Gasteiger partial charge in [0.25, 0.3) is 0 Å². The molecule has 1 aliphatic carbocycles. The van der Waals surface area contributed by atoms with Crippen LogP contribution in [0.3, 0.4) is 0 Å². The van der Waals surface area contributed by atoms with Crippen molar-refractivity contribution in [1.82, 2.24) is 0 Å². The molecule has 0 heterocycles. The average Bonchev–Trinajstić information content (AvgIpc) is 3.27. The molecular formula is C26H27NO5. The third-order valence-electron chi connectivity index (χ3n) is 6.23. The van der Waals surface area contributed by atoms with Crippen LogP contribution in [-0.4, -0.2) is 23.7 Å². The van der Waals surface area contributed by atoms with Crippen LogP contribution in [0.25, 0.3) is 0 Å². The number of hydrogen-bond donors (Lipinski definition) is 1. The molecule has 0 radical (unpaired) electrons. The Balaban J connectivity index is 1.92. The Morgan fingerprint density at radius 2 is 1.84 bits per heavy atom. The maximum absolute atomic E-state index is 12.5. The third kappa shape index (κ3) is 4.11. The number of para-hydroxylation sites is 1. The molecule has 0 amide bonds. The SMILES string of the molecule is CCCOC(=O)/C=C\[C@H]1C(C)(C)[C@]1(C(=O)O)[C@@H](C#N)c1cccc(Oc2ccccc2)c1. The molecule has 1 saturated carbocycles. The Morgan fingerprint density at radius 1 is 1.16 bits per heavy atom. The highest BCUT2D eigenvalue weighted by atomic mass is 16.5. The summed E-state index contributed by atoms with van der Waals surface area (Å²) in [5, 5.41) is 20.3. The number of esters is 1. The van der Waals surface area contributed by atoms with Gasteiger partial charge in [-0.15, -0.1) is 0 Å². The van der Waals surface area contributed by atoms with E-state index in [4.69, 9.17) is 9.47 Å². The maximum atomic E-state index is 12.5. The number of allylic oxidation sites excluding steroid dienone is 1. The Morgan fingerprint density at radius 3 is 2.47 bits per heavy atom. The number of nitrogens with zero attached hydrogens (tertiary/aromatic N) is 1. The van der Waals surface area contributed by atoms with E-state index in [0.717, 1.165) is 0 Å². The standard InChI is InChI=1S/C26H27NO5/c1-4-15-31-23(28)14-13-22-25(2,3)26(22,24(29)30)21(17-27)18-9-8-12-20(16-18)32-19-10-6-5-7-11-19/h5-14,16,21-22H,4,15H2,1-3H3,(H,29,30)/b14-13-/t21-,22-,26+/m0/s1. The minimum atomic E-state index is -1.38. The largest absolute Gasteiger partial charge is 0.481 e. The van der Waals surface area contributed by atoms with Crippen LogP contribution >= 0.6 is 0 Å². The van der Waals surface area contributed by atoms with Crippen molar-refractivity contribution in [1.29, 1.82) is 5.26 Å². The number of carboxylic acid groups (broad SMARTS) is 1. The van der Waals surface area contributed by atoms with Gasteiger partial charge < -0.3 is 14.6 Å². The number of carbonyl (C=O) groups is 2. The Kier molecular flexibility index (Phi) is 6.69. The molecule has 32 heavy (non-hydrogen) atoms. The lowest BCUT2D eigenvalue weighted by Crippen LogP contribution is -2.28. The maximum Gasteiger partial charge on any atom is 0.330 e. The smallest absolute Gasteiger partial charge is 0.330 e. The first-order valence-corrected chi connectivity index (χ1v) is 10.6. The first-order chi connectivity index (χ1) is 15.3. The second-order valence-electron chi connectivity index (χ2n) is 8.45. The fraction of sp³-hybridized carbons (Fsp3) is 0.346. The minimum absolute atomic E-state index is 0.302. The summed E-state index contributed by atoms with van der Waals surface area (Å²) in [4.78, 5) is 24.5. The average molecular weight is 434 g/mol. The predicted molar refractivity (Wildman–Crippen MR) is 119 cm³/mol. The summed E-state index contributed by atoms with van der Waals surface area (Å²) in [6.07, 6.45) is 3.54. The van der Waals surface area contributed by atoms with E-state index >= 15 is 0 Å². The van der Waals surface area contributed by atoms with Crippen molar-refractivity contribution in [2.75, 3.05) is 6.61 Å². The van der Waals surface area contributed by atoms with Crippen molar-refractivity contribution >= 4 is 11.9 Å². The zero-order valence-corrected chi connectivity index (χ0v) is 18.4. The number of carboxylic acids is 1. The molecule has 0 aromatic heterocycles. The Bertz CT molecular complexity index is 1050. The van der Waals surface area contributed by atoms with Crippen LogP contribution in [0.2, 0.25) is 0 Å². The fourth-order valence-corrected chi connectivity index (χ4v) is 4.56. The molecule has 166 valence electrons. The molecule has 0 spiro atoms. The Hall–Kier alpha value is -3.59. The van der Waals surface area contributed by atoms with Gasteiger partial charge in [0, 0.05) is 12.0 Å². The van der Waals surface area contributed by atoms with Crippen LogP contribution in [0, 0.1) is 28.1 Å². The van der Waals surface area contributed by atoms with E-state index < -0.39 is 34.6 Å². The lowest BCUT2D eigenvalue weighted by atomic mass is 9.78. The number of benzene rings is 2. The first-order valence-electron chi connectivity index (χ1n) is 10.6. The molecule has 0 unspecified atom stereocenters. The fourth-order valence-electron chi connectivity index (χ4n) is 4.56. The zero-order valence-electron chi connectivity index (χ0n) is 18.4. The highest BCUT2D eigenvalue weighted by molar-refractivity contribution is 5.86. The summed E-state index contributed by atoms with van der Waals surface area (Å²) in [5.41, 5.74) is -1.56. The lowest BCUT2D eigenvalue weighted by molar-refractivity contribution is -0.145. The predicted octanol–water partition coefficient (Wildman–Crippen LogP) is 5.32. The van der Waals surface area contributed by atoms with Gasteiger partial charge in [-0.1, -0.05) is 57.2 Å². The molecule has 3 atom stereocenters. The summed E-state index contributed by atoms with van der Waals surface area (Å²) in [7, 11) is 0. The van der Waals surface area contributed by atoms with E-state index in [-0.39, 0.29) is 0 Å². The number of aliphatic carboxylic acids is 1. The first kappa shape index (κ1) is 23.1. The zero-order chi connectivity index (χ0) is 23.4. The van der Waals surface area contributed by atoms with Gasteiger partial charge in [0.1, 0.15) is 16.9 Å². The van der Waals surface area contributed by atoms with E-state index in [2.05, 4.69) is 6.07 Å². The van der Waals surface area contributed by atoms with Gasteiger partial charge in [0.05, 0.1) is 18.6 Å². The number of nitriles is 1. The number of rotatable bonds is 9. The number of carbonyl (C=O) groups excluding carboxylic acids is 1. The Labute approximate surface area is 188 Å². The van der Waals surface area contributed by atoms with Crippen molar-refractivity contribution in [2.45, 2.75) is 33.1 Å². The molecule has 6 heteroatoms. The van der Waals surface area contributed by atoms with Gasteiger partial charge in [-0.3, -0.25) is 4.79 Å². The van der Waals surface area contributed by atoms with Gasteiger partial charge in [-0.05, 0) is 41.7 Å². The van der Waals surface area contributed by atoms with E-state index in [1.807, 2.05) is 51.1 Å². The highest BCUT2D eigenvalue weighted by Gasteiger charge is 2.78. The van der Waals surface area contributed by atoms with Crippen molar-refractivity contribution in [3.05, 3.63) is 72.3 Å². The molecule has 1 fully saturated rings. The molecule has 2 aromatic carbocycles. The summed E-state index contributed by atoms with van der Waals surface area (Å²) in [5.74, 6) is -1.87. The molecule has 0 saturated heterocycles. The molecule has 1 aliphatic rings.